The van der Waals surface area contributed by atoms with Crippen molar-refractivity contribution in [1.29, 1.82) is 0 Å². The van der Waals surface area contributed by atoms with Gasteiger partial charge in [-0.15, -0.1) is 11.8 Å². The fourth-order valence-corrected chi connectivity index (χ4v) is 7.38. The van der Waals surface area contributed by atoms with Crippen LogP contribution >= 0.6 is 11.8 Å². The first kappa shape index (κ1) is 38.0. The Morgan fingerprint density at radius 3 is 1.62 bits per heavy atom. The Labute approximate surface area is 300 Å². The van der Waals surface area contributed by atoms with E-state index in [1.54, 1.807) is 32.5 Å². The highest BCUT2D eigenvalue weighted by Gasteiger charge is 2.40. The Balaban J connectivity index is 1.78. The van der Waals surface area contributed by atoms with Crippen molar-refractivity contribution in [2.75, 3.05) is 19.4 Å². The summed E-state index contributed by atoms with van der Waals surface area (Å²) in [6.07, 6.45) is -1.33. The number of amides is 2. The molecule has 264 valence electrons. The zero-order valence-electron chi connectivity index (χ0n) is 29.7. The van der Waals surface area contributed by atoms with Crippen LogP contribution in [0.4, 0.5) is 9.59 Å². The maximum Gasteiger partial charge on any atom is 0.410 e. The van der Waals surface area contributed by atoms with Gasteiger partial charge in [0.25, 0.3) is 0 Å². The van der Waals surface area contributed by atoms with Gasteiger partial charge in [-0.2, -0.15) is 0 Å². The number of carbonyl (C=O) groups is 3. The lowest BCUT2D eigenvalue weighted by molar-refractivity contribution is -0.148. The summed E-state index contributed by atoms with van der Waals surface area (Å²) < 4.78 is 16.0. The van der Waals surface area contributed by atoms with Gasteiger partial charge in [0, 0.05) is 12.3 Å². The molecule has 2 amide bonds. The van der Waals surface area contributed by atoms with Crippen molar-refractivity contribution in [3.63, 3.8) is 0 Å². The second kappa shape index (κ2) is 17.8. The fraction of sp³-hybridized carbons (Fsp3) is 0.341. The second-order valence-corrected chi connectivity index (χ2v) is 14.6. The number of hydrogen-bond donors (Lipinski definition) is 1. The topological polar surface area (TPSA) is 94.2 Å². The minimum atomic E-state index is -0.974. The molecule has 8 nitrogen and oxygen atoms in total. The minimum Gasteiger partial charge on any atom is -0.467 e. The number of esters is 1. The van der Waals surface area contributed by atoms with Crippen molar-refractivity contribution < 1.29 is 28.6 Å². The lowest BCUT2D eigenvalue weighted by Crippen LogP contribution is -2.55. The molecule has 9 heteroatoms. The average Bonchev–Trinajstić information content (AvgIpc) is 3.11. The zero-order chi connectivity index (χ0) is 36.1. The molecule has 0 bridgehead atoms. The number of hydrogen-bond acceptors (Lipinski definition) is 7. The molecule has 0 aliphatic carbocycles. The molecule has 2 atom stereocenters. The molecule has 0 aliphatic rings. The smallest absolute Gasteiger partial charge is 0.410 e. The summed E-state index contributed by atoms with van der Waals surface area (Å²) in [5.74, 6) is -0.571. The number of nitrogens with one attached hydrogen (secondary N) is 1. The van der Waals surface area contributed by atoms with Gasteiger partial charge in [-0.25, -0.2) is 14.4 Å². The summed E-state index contributed by atoms with van der Waals surface area (Å²) in [6.45, 7) is 9.03. The normalized spacial score (nSPS) is 12.8. The number of ether oxygens (including phenoxy) is 3. The lowest BCUT2D eigenvalue weighted by Gasteiger charge is -2.38. The molecule has 4 aromatic carbocycles. The number of carbonyl (C=O) groups excluding carboxylic acids is 3. The molecule has 0 fully saturated rings. The number of benzene rings is 4. The van der Waals surface area contributed by atoms with Gasteiger partial charge in [-0.05, 0) is 48.9 Å². The van der Waals surface area contributed by atoms with Crippen LogP contribution in [0.1, 0.15) is 56.9 Å². The van der Waals surface area contributed by atoms with Gasteiger partial charge in [0.2, 0.25) is 0 Å². The molecule has 4 aromatic rings. The maximum absolute atomic E-state index is 13.9. The van der Waals surface area contributed by atoms with Gasteiger partial charge in [-0.1, -0.05) is 135 Å². The molecule has 50 heavy (non-hydrogen) atoms. The van der Waals surface area contributed by atoms with Gasteiger partial charge >= 0.3 is 18.2 Å². The van der Waals surface area contributed by atoms with Crippen LogP contribution in [-0.4, -0.2) is 60.1 Å². The van der Waals surface area contributed by atoms with Crippen LogP contribution < -0.4 is 5.32 Å². The molecular weight excluding hydrogens is 649 g/mol. The third-order valence-corrected chi connectivity index (χ3v) is 9.74. The molecular formula is C41H48N2O6S. The van der Waals surface area contributed by atoms with Gasteiger partial charge in [0.1, 0.15) is 18.2 Å². The van der Waals surface area contributed by atoms with E-state index in [0.29, 0.717) is 5.75 Å². The predicted molar refractivity (Wildman–Crippen MR) is 199 cm³/mol. The highest BCUT2D eigenvalue weighted by Crippen LogP contribution is 2.48. The molecule has 0 saturated carbocycles. The quantitative estimate of drug-likeness (QED) is 0.0804. The van der Waals surface area contributed by atoms with Crippen molar-refractivity contribution >= 4 is 29.9 Å². The summed E-state index contributed by atoms with van der Waals surface area (Å²) in [6, 6.07) is 38.3. The van der Waals surface area contributed by atoms with E-state index in [-0.39, 0.29) is 19.1 Å². The number of nitrogens with zero attached hydrogens (tertiary/aromatic N) is 1. The van der Waals surface area contributed by atoms with E-state index < -0.39 is 40.6 Å². The van der Waals surface area contributed by atoms with Crippen LogP contribution in [0.15, 0.2) is 121 Å². The van der Waals surface area contributed by atoms with E-state index in [1.165, 1.54) is 12.0 Å². The molecule has 0 radical (unpaired) electrons. The third kappa shape index (κ3) is 10.1. The summed E-state index contributed by atoms with van der Waals surface area (Å²) in [7, 11) is 1.30. The van der Waals surface area contributed by atoms with Gasteiger partial charge in [-0.3, -0.25) is 4.90 Å². The second-order valence-electron chi connectivity index (χ2n) is 13.3. The summed E-state index contributed by atoms with van der Waals surface area (Å²) in [4.78, 5) is 42.0. The van der Waals surface area contributed by atoms with Gasteiger partial charge in [0.05, 0.1) is 17.9 Å². The monoisotopic (exact) mass is 696 g/mol. The lowest BCUT2D eigenvalue weighted by atomic mass is 9.84. The first-order chi connectivity index (χ1) is 23.9. The maximum atomic E-state index is 13.9. The molecule has 1 N–H and O–H groups in total. The molecule has 4 rings (SSSR count). The van der Waals surface area contributed by atoms with Gasteiger partial charge in [0.15, 0.2) is 0 Å². The van der Waals surface area contributed by atoms with E-state index in [4.69, 9.17) is 14.2 Å². The van der Waals surface area contributed by atoms with Crippen molar-refractivity contribution in [1.82, 2.24) is 10.2 Å². The number of thioether (sulfide) groups is 1. The van der Waals surface area contributed by atoms with E-state index in [2.05, 4.69) is 41.7 Å². The van der Waals surface area contributed by atoms with Crippen molar-refractivity contribution in [3.8, 4) is 0 Å². The predicted octanol–water partition coefficient (Wildman–Crippen LogP) is 8.44. The van der Waals surface area contributed by atoms with E-state index in [1.807, 2.05) is 98.8 Å². The van der Waals surface area contributed by atoms with Crippen LogP contribution in [0.2, 0.25) is 0 Å². The van der Waals surface area contributed by atoms with E-state index >= 15 is 0 Å². The van der Waals surface area contributed by atoms with Crippen molar-refractivity contribution in [3.05, 3.63) is 144 Å². The largest absolute Gasteiger partial charge is 0.467 e. The summed E-state index contributed by atoms with van der Waals surface area (Å²) in [5, 5.41) is 3.03. The number of methoxy groups -OCH3 is 1. The molecule has 0 heterocycles. The van der Waals surface area contributed by atoms with Crippen molar-refractivity contribution in [2.24, 2.45) is 5.92 Å². The molecule has 0 unspecified atom stereocenters. The summed E-state index contributed by atoms with van der Waals surface area (Å²) >= 11 is 1.63. The third-order valence-electron chi connectivity index (χ3n) is 8.03. The Bertz CT molecular complexity index is 1550. The Hall–Kier alpha value is -4.76. The number of rotatable bonds is 14. The molecule has 0 aromatic heterocycles. The minimum absolute atomic E-state index is 0.0141. The average molecular weight is 697 g/mol. The highest BCUT2D eigenvalue weighted by atomic mass is 32.2. The van der Waals surface area contributed by atoms with Crippen LogP contribution in [0.3, 0.4) is 0 Å². The van der Waals surface area contributed by atoms with Crippen LogP contribution in [-0.2, 0) is 30.4 Å². The van der Waals surface area contributed by atoms with Crippen molar-refractivity contribution in [2.45, 2.75) is 63.7 Å². The Morgan fingerprint density at radius 2 is 1.20 bits per heavy atom. The fourth-order valence-electron chi connectivity index (χ4n) is 5.83. The first-order valence-corrected chi connectivity index (χ1v) is 17.8. The SMILES string of the molecule is COC(=O)[C@H](C(C)C)N(C[C@H](CSC(c1ccccc1)(c1ccccc1)c1ccccc1)NC(=O)OC(C)(C)C)C(=O)OCc1ccccc1. The summed E-state index contributed by atoms with van der Waals surface area (Å²) in [5.41, 5.74) is 3.19. The van der Waals surface area contributed by atoms with Crippen LogP contribution in [0.5, 0.6) is 0 Å². The van der Waals surface area contributed by atoms with E-state index in [0.717, 1.165) is 22.3 Å². The van der Waals surface area contributed by atoms with E-state index in [9.17, 15) is 14.4 Å². The van der Waals surface area contributed by atoms with Crippen LogP contribution in [0, 0.1) is 5.92 Å². The molecule has 0 saturated heterocycles. The Morgan fingerprint density at radius 1 is 0.740 bits per heavy atom. The van der Waals surface area contributed by atoms with Gasteiger partial charge < -0.3 is 19.5 Å². The first-order valence-electron chi connectivity index (χ1n) is 16.8. The molecule has 0 spiro atoms. The molecule has 0 aliphatic heterocycles. The highest BCUT2D eigenvalue weighted by molar-refractivity contribution is 8.00. The number of alkyl carbamates (subject to hydrolysis) is 1. The standard InChI is InChI=1S/C41H48N2O6S/c1-30(2)36(37(44)47-6)43(39(46)48-28-31-19-11-7-12-20-31)27-35(42-38(45)49-40(3,4)5)29-50-41(32-21-13-8-14-22-32,33-23-15-9-16-24-33)34-25-17-10-18-26-34/h7-26,30,35-36H,27-29H2,1-6H3,(H,42,45)/t35-,36+/m1/s1. The Kier molecular flexibility index (Phi) is 13.5. The zero-order valence-corrected chi connectivity index (χ0v) is 30.5. The van der Waals surface area contributed by atoms with Crippen LogP contribution in [0.25, 0.3) is 0 Å².